The van der Waals surface area contributed by atoms with Crippen LogP contribution in [-0.4, -0.2) is 53.5 Å². The maximum Gasteiger partial charge on any atom is 0.407 e. The van der Waals surface area contributed by atoms with Gasteiger partial charge in [-0.3, -0.25) is 9.59 Å². The van der Waals surface area contributed by atoms with E-state index in [1.54, 1.807) is 0 Å². The number of aliphatic carboxylic acids is 1. The van der Waals surface area contributed by atoms with Gasteiger partial charge in [0.15, 0.2) is 0 Å². The first-order valence-corrected chi connectivity index (χ1v) is 12.2. The summed E-state index contributed by atoms with van der Waals surface area (Å²) in [7, 11) is 0. The number of nitrogens with one attached hydrogen (secondary N) is 2. The molecular formula is C27H30N2O6. The van der Waals surface area contributed by atoms with Crippen LogP contribution in [-0.2, 0) is 14.3 Å². The minimum absolute atomic E-state index is 0.0389. The van der Waals surface area contributed by atoms with Crippen LogP contribution >= 0.6 is 0 Å². The maximum absolute atomic E-state index is 12.9. The molecule has 2 aromatic rings. The van der Waals surface area contributed by atoms with E-state index in [0.717, 1.165) is 41.5 Å². The number of amides is 2. The van der Waals surface area contributed by atoms with Gasteiger partial charge in [0, 0.05) is 18.5 Å². The fraction of sp³-hybridized carbons (Fsp3) is 0.444. The summed E-state index contributed by atoms with van der Waals surface area (Å²) in [4.78, 5) is 36.5. The van der Waals surface area contributed by atoms with Crippen LogP contribution in [0.1, 0.15) is 42.7 Å². The standard InChI is InChI=1S/C27H30N2O6/c30-17(12-23(31)32)13-28-26(33)24-15-9-10-16(11-15)25(24)29-27(34)35-14-22-20-7-3-1-5-18(20)19-6-2-4-8-21(19)22/h1-8,15-17,22,24-25,30H,9-14H2,(H,28,33)(H,29,34)(H,31,32). The third-order valence-corrected chi connectivity index (χ3v) is 7.77. The molecule has 2 aromatic carbocycles. The van der Waals surface area contributed by atoms with Gasteiger partial charge in [0.05, 0.1) is 18.4 Å². The first kappa shape index (κ1) is 23.4. The van der Waals surface area contributed by atoms with Crippen molar-refractivity contribution >= 4 is 18.0 Å². The van der Waals surface area contributed by atoms with Crippen molar-refractivity contribution < 1.29 is 29.3 Å². The number of carboxylic acid groups (broad SMARTS) is 1. The fourth-order valence-corrected chi connectivity index (χ4v) is 6.26. The molecule has 5 rings (SSSR count). The summed E-state index contributed by atoms with van der Waals surface area (Å²) in [6, 6.07) is 16.0. The summed E-state index contributed by atoms with van der Waals surface area (Å²) in [5, 5.41) is 24.2. The third kappa shape index (κ3) is 4.62. The van der Waals surface area contributed by atoms with Crippen LogP contribution in [0, 0.1) is 17.8 Å². The Balaban J connectivity index is 1.21. The lowest BCUT2D eigenvalue weighted by atomic mass is 9.83. The van der Waals surface area contributed by atoms with Gasteiger partial charge in [0.25, 0.3) is 0 Å². The number of rotatable bonds is 8. The van der Waals surface area contributed by atoms with Crippen molar-refractivity contribution in [3.8, 4) is 11.1 Å². The number of alkyl carbamates (subject to hydrolysis) is 1. The number of aliphatic hydroxyl groups is 1. The van der Waals surface area contributed by atoms with E-state index < -0.39 is 30.5 Å². The number of fused-ring (bicyclic) bond motifs is 5. The molecule has 3 aliphatic carbocycles. The van der Waals surface area contributed by atoms with E-state index in [1.807, 2.05) is 24.3 Å². The first-order valence-electron chi connectivity index (χ1n) is 12.2. The predicted octanol–water partition coefficient (Wildman–Crippen LogP) is 2.89. The van der Waals surface area contributed by atoms with Gasteiger partial charge in [-0.15, -0.1) is 0 Å². The lowest BCUT2D eigenvalue weighted by Crippen LogP contribution is -2.51. The second kappa shape index (κ2) is 9.70. The molecule has 0 heterocycles. The van der Waals surface area contributed by atoms with Crippen LogP contribution in [0.2, 0.25) is 0 Å². The number of carbonyl (C=O) groups excluding carboxylic acids is 2. The number of carbonyl (C=O) groups is 3. The number of hydrogen-bond acceptors (Lipinski definition) is 5. The van der Waals surface area contributed by atoms with Gasteiger partial charge >= 0.3 is 12.1 Å². The largest absolute Gasteiger partial charge is 0.481 e. The van der Waals surface area contributed by atoms with Crippen molar-refractivity contribution in [2.45, 2.75) is 43.7 Å². The molecule has 5 unspecified atom stereocenters. The summed E-state index contributed by atoms with van der Waals surface area (Å²) >= 11 is 0. The Kier molecular flexibility index (Phi) is 6.47. The van der Waals surface area contributed by atoms with Gasteiger partial charge < -0.3 is 25.6 Å². The van der Waals surface area contributed by atoms with Crippen molar-refractivity contribution in [2.24, 2.45) is 17.8 Å². The smallest absolute Gasteiger partial charge is 0.407 e. The van der Waals surface area contributed by atoms with E-state index in [9.17, 15) is 19.5 Å². The Morgan fingerprint density at radius 3 is 2.26 bits per heavy atom. The molecule has 3 aliphatic rings. The van der Waals surface area contributed by atoms with Gasteiger partial charge in [-0.2, -0.15) is 0 Å². The Bertz CT molecular complexity index is 1090. The lowest BCUT2D eigenvalue weighted by molar-refractivity contribution is -0.139. The molecule has 2 fully saturated rings. The highest BCUT2D eigenvalue weighted by molar-refractivity contribution is 5.82. The van der Waals surface area contributed by atoms with Crippen LogP contribution in [0.15, 0.2) is 48.5 Å². The molecule has 2 saturated carbocycles. The van der Waals surface area contributed by atoms with Gasteiger partial charge in [-0.05, 0) is 53.4 Å². The summed E-state index contributed by atoms with van der Waals surface area (Å²) < 4.78 is 5.69. The molecule has 0 aliphatic heterocycles. The monoisotopic (exact) mass is 478 g/mol. The van der Waals surface area contributed by atoms with Crippen molar-refractivity contribution in [3.63, 3.8) is 0 Å². The Hall–Kier alpha value is -3.39. The molecule has 8 heteroatoms. The summed E-state index contributed by atoms with van der Waals surface area (Å²) in [5.74, 6) is -1.46. The van der Waals surface area contributed by atoms with E-state index in [2.05, 4.69) is 34.9 Å². The summed E-state index contributed by atoms with van der Waals surface area (Å²) in [6.07, 6.45) is 0.618. The van der Waals surface area contributed by atoms with Crippen LogP contribution < -0.4 is 10.6 Å². The van der Waals surface area contributed by atoms with Crippen LogP contribution in [0.3, 0.4) is 0 Å². The average molecular weight is 479 g/mol. The second-order valence-electron chi connectivity index (χ2n) is 9.85. The highest BCUT2D eigenvalue weighted by Crippen LogP contribution is 2.49. The lowest BCUT2D eigenvalue weighted by Gasteiger charge is -2.31. The quantitative estimate of drug-likeness (QED) is 0.462. The molecule has 5 atom stereocenters. The number of carboxylic acids is 1. The minimum atomic E-state index is -1.15. The maximum atomic E-state index is 12.9. The zero-order valence-electron chi connectivity index (χ0n) is 19.4. The molecule has 8 nitrogen and oxygen atoms in total. The Morgan fingerprint density at radius 2 is 1.60 bits per heavy atom. The van der Waals surface area contributed by atoms with Crippen LogP contribution in [0.5, 0.6) is 0 Å². The SMILES string of the molecule is O=C(O)CC(O)CNC(=O)C1C2CCC(C2)C1NC(=O)OCC1c2ccccc2-c2ccccc21. The summed E-state index contributed by atoms with van der Waals surface area (Å²) in [6.45, 7) is 0.0790. The fourth-order valence-electron chi connectivity index (χ4n) is 6.26. The Labute approximate surface area is 203 Å². The number of hydrogen-bond donors (Lipinski definition) is 4. The zero-order chi connectivity index (χ0) is 24.5. The average Bonchev–Trinajstić information content (AvgIpc) is 3.53. The van der Waals surface area contributed by atoms with Crippen molar-refractivity contribution in [3.05, 3.63) is 59.7 Å². The van der Waals surface area contributed by atoms with Gasteiger partial charge in [-0.25, -0.2) is 4.79 Å². The zero-order valence-corrected chi connectivity index (χ0v) is 19.4. The molecular weight excluding hydrogens is 448 g/mol. The molecule has 0 aromatic heterocycles. The topological polar surface area (TPSA) is 125 Å². The highest BCUT2D eigenvalue weighted by Gasteiger charge is 2.51. The predicted molar refractivity (Wildman–Crippen MR) is 128 cm³/mol. The van der Waals surface area contributed by atoms with E-state index in [4.69, 9.17) is 9.84 Å². The molecule has 184 valence electrons. The van der Waals surface area contributed by atoms with Crippen LogP contribution in [0.4, 0.5) is 4.79 Å². The molecule has 4 N–H and O–H groups in total. The number of aliphatic hydroxyl groups excluding tert-OH is 1. The molecule has 2 bridgehead atoms. The molecule has 2 amide bonds. The molecule has 0 saturated heterocycles. The van der Waals surface area contributed by atoms with E-state index in [0.29, 0.717) is 0 Å². The van der Waals surface area contributed by atoms with E-state index in [1.165, 1.54) is 0 Å². The summed E-state index contributed by atoms with van der Waals surface area (Å²) in [5.41, 5.74) is 4.59. The van der Waals surface area contributed by atoms with E-state index >= 15 is 0 Å². The molecule has 0 radical (unpaired) electrons. The minimum Gasteiger partial charge on any atom is -0.481 e. The first-order chi connectivity index (χ1) is 16.9. The highest BCUT2D eigenvalue weighted by atomic mass is 16.5. The normalized spacial score (nSPS) is 24.9. The second-order valence-corrected chi connectivity index (χ2v) is 9.85. The van der Waals surface area contributed by atoms with Crippen molar-refractivity contribution in [1.82, 2.24) is 10.6 Å². The van der Waals surface area contributed by atoms with Crippen molar-refractivity contribution in [1.29, 1.82) is 0 Å². The van der Waals surface area contributed by atoms with Crippen molar-refractivity contribution in [2.75, 3.05) is 13.2 Å². The Morgan fingerprint density at radius 1 is 0.971 bits per heavy atom. The van der Waals surface area contributed by atoms with Crippen LogP contribution in [0.25, 0.3) is 11.1 Å². The van der Waals surface area contributed by atoms with Gasteiger partial charge in [0.2, 0.25) is 5.91 Å². The number of benzene rings is 2. The van der Waals surface area contributed by atoms with E-state index in [-0.39, 0.29) is 42.9 Å². The number of ether oxygens (including phenoxy) is 1. The van der Waals surface area contributed by atoms with Gasteiger partial charge in [0.1, 0.15) is 6.61 Å². The van der Waals surface area contributed by atoms with Gasteiger partial charge in [-0.1, -0.05) is 48.5 Å². The third-order valence-electron chi connectivity index (χ3n) is 7.77. The molecule has 35 heavy (non-hydrogen) atoms. The molecule has 0 spiro atoms.